The van der Waals surface area contributed by atoms with Crippen molar-refractivity contribution >= 4 is 11.4 Å². The van der Waals surface area contributed by atoms with Gasteiger partial charge < -0.3 is 10.0 Å². The highest BCUT2D eigenvalue weighted by atomic mass is 16.6. The van der Waals surface area contributed by atoms with Gasteiger partial charge in [0.05, 0.1) is 4.92 Å². The molecule has 2 rings (SSSR count). The molecule has 6 heteroatoms. The lowest BCUT2D eigenvalue weighted by Gasteiger charge is -2.26. The van der Waals surface area contributed by atoms with E-state index in [-0.39, 0.29) is 17.9 Å². The molecule has 0 saturated carbocycles. The third-order valence-electron chi connectivity index (χ3n) is 3.70. The second-order valence-electron chi connectivity index (χ2n) is 4.93. The fraction of sp³-hybridized carbons (Fsp3) is 0.500. The van der Waals surface area contributed by atoms with Gasteiger partial charge in [-0.15, -0.1) is 0 Å². The van der Waals surface area contributed by atoms with Gasteiger partial charge in [-0.05, 0) is 37.8 Å². The number of rotatable bonds is 5. The molecular weight excluding hydrogens is 258 g/mol. The molecule has 0 radical (unpaired) electrons. The summed E-state index contributed by atoms with van der Waals surface area (Å²) in [7, 11) is 0. The van der Waals surface area contributed by atoms with Crippen molar-refractivity contribution in [2.24, 2.45) is 0 Å². The predicted octanol–water partition coefficient (Wildman–Crippen LogP) is 2.21. The maximum atomic E-state index is 10.8. The molecule has 0 amide bonds. The summed E-state index contributed by atoms with van der Waals surface area (Å²) in [4.78, 5) is 12.5. The minimum Gasteiger partial charge on any atom is -0.396 e. The van der Waals surface area contributed by atoms with Gasteiger partial charge in [-0.2, -0.15) is 5.26 Å². The summed E-state index contributed by atoms with van der Waals surface area (Å²) in [5, 5.41) is 28.8. The minimum atomic E-state index is -0.532. The van der Waals surface area contributed by atoms with Gasteiger partial charge in [-0.25, -0.2) is 0 Å². The molecule has 1 atom stereocenters. The third kappa shape index (κ3) is 2.89. The molecule has 1 N–H and O–H groups in total. The van der Waals surface area contributed by atoms with Crippen LogP contribution in [-0.4, -0.2) is 29.2 Å². The Bertz CT molecular complexity index is 539. The molecule has 1 saturated heterocycles. The van der Waals surface area contributed by atoms with Crippen LogP contribution in [0.1, 0.15) is 31.2 Å². The van der Waals surface area contributed by atoms with E-state index in [0.717, 1.165) is 37.9 Å². The van der Waals surface area contributed by atoms with Crippen LogP contribution in [0.15, 0.2) is 18.2 Å². The van der Waals surface area contributed by atoms with Crippen LogP contribution >= 0.6 is 0 Å². The molecule has 1 aromatic rings. The topological polar surface area (TPSA) is 90.4 Å². The van der Waals surface area contributed by atoms with E-state index in [1.54, 1.807) is 12.1 Å². The van der Waals surface area contributed by atoms with Crippen LogP contribution in [0, 0.1) is 21.4 Å². The van der Waals surface area contributed by atoms with Gasteiger partial charge in [-0.3, -0.25) is 10.1 Å². The zero-order valence-electron chi connectivity index (χ0n) is 11.2. The van der Waals surface area contributed by atoms with E-state index in [1.807, 2.05) is 6.07 Å². The number of nitro benzene ring substituents is 1. The van der Waals surface area contributed by atoms with Crippen molar-refractivity contribution in [3.63, 3.8) is 0 Å². The van der Waals surface area contributed by atoms with E-state index >= 15 is 0 Å². The lowest BCUT2D eigenvalue weighted by molar-refractivity contribution is -0.385. The average molecular weight is 275 g/mol. The quantitative estimate of drug-likeness (QED) is 0.657. The maximum absolute atomic E-state index is 10.8. The van der Waals surface area contributed by atoms with E-state index in [4.69, 9.17) is 10.4 Å². The largest absolute Gasteiger partial charge is 0.396 e. The molecule has 20 heavy (non-hydrogen) atoms. The molecule has 1 heterocycles. The molecule has 1 fully saturated rings. The van der Waals surface area contributed by atoms with E-state index in [2.05, 4.69) is 4.90 Å². The molecule has 0 spiro atoms. The fourth-order valence-corrected chi connectivity index (χ4v) is 2.75. The summed E-state index contributed by atoms with van der Waals surface area (Å²) in [5.41, 5.74) is 0.801. The Morgan fingerprint density at radius 3 is 3.00 bits per heavy atom. The Labute approximate surface area is 117 Å². The van der Waals surface area contributed by atoms with Crippen molar-refractivity contribution in [3.8, 4) is 6.07 Å². The van der Waals surface area contributed by atoms with E-state index in [1.165, 1.54) is 6.07 Å². The Kier molecular flexibility index (Phi) is 4.53. The number of aliphatic hydroxyl groups is 1. The Hall–Kier alpha value is -2.13. The Balaban J connectivity index is 2.24. The molecular formula is C14H17N3O3. The summed E-state index contributed by atoms with van der Waals surface area (Å²) < 4.78 is 0. The first-order chi connectivity index (χ1) is 9.67. The smallest absolute Gasteiger partial charge is 0.287 e. The number of nitriles is 1. The zero-order chi connectivity index (χ0) is 14.5. The molecule has 6 nitrogen and oxygen atoms in total. The lowest BCUT2D eigenvalue weighted by Crippen LogP contribution is -2.29. The van der Waals surface area contributed by atoms with Crippen LogP contribution in [0.5, 0.6) is 0 Å². The summed E-state index contributed by atoms with van der Waals surface area (Å²) in [6, 6.07) is 6.93. The normalized spacial score (nSPS) is 18.0. The monoisotopic (exact) mass is 275 g/mol. The van der Waals surface area contributed by atoms with Crippen LogP contribution in [0.3, 0.4) is 0 Å². The number of aliphatic hydroxyl groups excluding tert-OH is 1. The summed E-state index contributed by atoms with van der Waals surface area (Å²) >= 11 is 0. The number of nitrogens with zero attached hydrogens (tertiary/aromatic N) is 3. The first kappa shape index (κ1) is 14.3. The number of nitro groups is 1. The second-order valence-corrected chi connectivity index (χ2v) is 4.93. The summed E-state index contributed by atoms with van der Waals surface area (Å²) in [6.07, 6.45) is 3.77. The van der Waals surface area contributed by atoms with Crippen molar-refractivity contribution in [1.29, 1.82) is 5.26 Å². The predicted molar refractivity (Wildman–Crippen MR) is 74.5 cm³/mol. The van der Waals surface area contributed by atoms with Crippen LogP contribution in [0.25, 0.3) is 0 Å². The summed E-state index contributed by atoms with van der Waals surface area (Å²) in [6.45, 7) is 1.06. The van der Waals surface area contributed by atoms with Gasteiger partial charge in [0.2, 0.25) is 0 Å². The van der Waals surface area contributed by atoms with E-state index < -0.39 is 4.92 Å². The van der Waals surface area contributed by atoms with Crippen molar-refractivity contribution < 1.29 is 10.0 Å². The highest BCUT2D eigenvalue weighted by molar-refractivity contribution is 5.60. The first-order valence-electron chi connectivity index (χ1n) is 6.73. The minimum absolute atomic E-state index is 0.0975. The van der Waals surface area contributed by atoms with Crippen LogP contribution < -0.4 is 4.90 Å². The average Bonchev–Trinajstić information content (AvgIpc) is 2.92. The van der Waals surface area contributed by atoms with E-state index in [0.29, 0.717) is 6.04 Å². The number of benzene rings is 1. The van der Waals surface area contributed by atoms with Crippen molar-refractivity contribution in [2.45, 2.75) is 31.7 Å². The highest BCUT2D eigenvalue weighted by Gasteiger charge is 2.25. The summed E-state index contributed by atoms with van der Waals surface area (Å²) in [5.74, 6) is 0. The molecule has 1 aromatic carbocycles. The number of hydrogen-bond acceptors (Lipinski definition) is 5. The Morgan fingerprint density at radius 2 is 2.35 bits per heavy atom. The van der Waals surface area contributed by atoms with Crippen LogP contribution in [-0.2, 0) is 0 Å². The number of hydrogen-bond donors (Lipinski definition) is 1. The molecule has 0 aromatic heterocycles. The standard InChI is InChI=1S/C14H17N3O3/c15-10-11-9-13(5-6-14(11)17(19)20)16-7-1-3-12(16)4-2-8-18/h5-6,9,12,18H,1-4,7-8H2. The van der Waals surface area contributed by atoms with Gasteiger partial charge in [-0.1, -0.05) is 0 Å². The molecule has 106 valence electrons. The first-order valence-corrected chi connectivity index (χ1v) is 6.73. The van der Waals surface area contributed by atoms with Crippen LogP contribution in [0.2, 0.25) is 0 Å². The zero-order valence-corrected chi connectivity index (χ0v) is 11.2. The number of anilines is 1. The highest BCUT2D eigenvalue weighted by Crippen LogP contribution is 2.31. The van der Waals surface area contributed by atoms with Gasteiger partial charge >= 0.3 is 0 Å². The van der Waals surface area contributed by atoms with Gasteiger partial charge in [0.25, 0.3) is 5.69 Å². The molecule has 0 bridgehead atoms. The van der Waals surface area contributed by atoms with Gasteiger partial charge in [0.1, 0.15) is 11.6 Å². The molecule has 1 unspecified atom stereocenters. The molecule has 1 aliphatic heterocycles. The van der Waals surface area contributed by atoms with Crippen molar-refractivity contribution in [2.75, 3.05) is 18.1 Å². The van der Waals surface area contributed by atoms with Crippen molar-refractivity contribution in [1.82, 2.24) is 0 Å². The molecule has 0 aliphatic carbocycles. The lowest BCUT2D eigenvalue weighted by atomic mass is 10.1. The third-order valence-corrected chi connectivity index (χ3v) is 3.70. The van der Waals surface area contributed by atoms with E-state index in [9.17, 15) is 10.1 Å². The molecule has 1 aliphatic rings. The SMILES string of the molecule is N#Cc1cc(N2CCCC2CCCO)ccc1[N+](=O)[O-]. The van der Waals surface area contributed by atoms with Gasteiger partial charge in [0, 0.05) is 30.9 Å². The fourth-order valence-electron chi connectivity index (χ4n) is 2.75. The Morgan fingerprint density at radius 1 is 1.55 bits per heavy atom. The maximum Gasteiger partial charge on any atom is 0.287 e. The second kappa shape index (κ2) is 6.35. The van der Waals surface area contributed by atoms with Crippen molar-refractivity contribution in [3.05, 3.63) is 33.9 Å². The van der Waals surface area contributed by atoms with Gasteiger partial charge in [0.15, 0.2) is 0 Å². The van der Waals surface area contributed by atoms with Crippen LogP contribution in [0.4, 0.5) is 11.4 Å².